The quantitative estimate of drug-likeness (QED) is 0.858. The Morgan fingerprint density at radius 3 is 2.80 bits per heavy atom. The number of hydrogen-bond acceptors (Lipinski definition) is 2. The van der Waals surface area contributed by atoms with Gasteiger partial charge in [-0.2, -0.15) is 0 Å². The molecule has 0 aliphatic carbocycles. The Morgan fingerprint density at radius 1 is 1.33 bits per heavy atom. The van der Waals surface area contributed by atoms with Crippen LogP contribution in [0.2, 0.25) is 0 Å². The van der Waals surface area contributed by atoms with Gasteiger partial charge in [-0.3, -0.25) is 4.21 Å². The lowest BCUT2D eigenvalue weighted by molar-refractivity contribution is 0.587. The van der Waals surface area contributed by atoms with E-state index in [-0.39, 0.29) is 6.04 Å². The maximum Gasteiger partial charge on any atom is 0.0436 e. The number of halogens is 1. The molecule has 82 valence electrons. The van der Waals surface area contributed by atoms with Crippen LogP contribution >= 0.6 is 15.9 Å². The van der Waals surface area contributed by atoms with Crippen LogP contribution < -0.4 is 5.32 Å². The second-order valence-corrected chi connectivity index (χ2v) is 6.26. The lowest BCUT2D eigenvalue weighted by atomic mass is 10.1. The van der Waals surface area contributed by atoms with Crippen molar-refractivity contribution in [2.24, 2.45) is 0 Å². The monoisotopic (exact) mass is 287 g/mol. The summed E-state index contributed by atoms with van der Waals surface area (Å²) in [6.07, 6.45) is 1.01. The molecule has 2 rings (SSSR count). The average molecular weight is 288 g/mol. The van der Waals surface area contributed by atoms with Crippen LogP contribution in [-0.4, -0.2) is 22.3 Å². The Hall–Kier alpha value is -0.190. The van der Waals surface area contributed by atoms with Crippen LogP contribution in [0.15, 0.2) is 28.7 Å². The van der Waals surface area contributed by atoms with Crippen LogP contribution in [0.4, 0.5) is 0 Å². The van der Waals surface area contributed by atoms with E-state index >= 15 is 0 Å². The Kier molecular flexibility index (Phi) is 3.94. The van der Waals surface area contributed by atoms with Gasteiger partial charge in [0.15, 0.2) is 0 Å². The molecular formula is C11H14BrNOS. The summed E-state index contributed by atoms with van der Waals surface area (Å²) in [4.78, 5) is 0. The summed E-state index contributed by atoms with van der Waals surface area (Å²) in [5.41, 5.74) is 1.23. The number of benzene rings is 1. The van der Waals surface area contributed by atoms with E-state index in [9.17, 15) is 4.21 Å². The summed E-state index contributed by atoms with van der Waals surface area (Å²) >= 11 is 3.42. The van der Waals surface area contributed by atoms with E-state index in [0.717, 1.165) is 28.9 Å². The van der Waals surface area contributed by atoms with Gasteiger partial charge in [-0.1, -0.05) is 28.1 Å². The lowest BCUT2D eigenvalue weighted by Crippen LogP contribution is -2.23. The maximum absolute atomic E-state index is 11.6. The molecule has 1 aliphatic heterocycles. The first kappa shape index (κ1) is 11.3. The van der Waals surface area contributed by atoms with Crippen molar-refractivity contribution < 1.29 is 4.21 Å². The molecule has 1 aliphatic rings. The van der Waals surface area contributed by atoms with Crippen molar-refractivity contribution in [2.75, 3.05) is 18.1 Å². The van der Waals surface area contributed by atoms with Gasteiger partial charge >= 0.3 is 0 Å². The molecule has 1 N–H and O–H groups in total. The SMILES string of the molecule is O=S1CCCNC(c2ccc(Br)cc2)C1. The van der Waals surface area contributed by atoms with Gasteiger partial charge in [-0.15, -0.1) is 0 Å². The van der Waals surface area contributed by atoms with E-state index < -0.39 is 10.8 Å². The second-order valence-electron chi connectivity index (χ2n) is 3.72. The summed E-state index contributed by atoms with van der Waals surface area (Å²) in [6.45, 7) is 0.965. The molecule has 0 radical (unpaired) electrons. The lowest BCUT2D eigenvalue weighted by Gasteiger charge is -2.15. The van der Waals surface area contributed by atoms with Gasteiger partial charge in [-0.05, 0) is 30.7 Å². The molecule has 1 aromatic carbocycles. The predicted octanol–water partition coefficient (Wildman–Crippen LogP) is 2.23. The van der Waals surface area contributed by atoms with Crippen LogP contribution in [0.1, 0.15) is 18.0 Å². The topological polar surface area (TPSA) is 29.1 Å². The molecule has 2 atom stereocenters. The van der Waals surface area contributed by atoms with Crippen LogP contribution in [0, 0.1) is 0 Å². The van der Waals surface area contributed by atoms with Crippen molar-refractivity contribution in [3.8, 4) is 0 Å². The maximum atomic E-state index is 11.6. The van der Waals surface area contributed by atoms with Gasteiger partial charge in [0.25, 0.3) is 0 Å². The van der Waals surface area contributed by atoms with Crippen molar-refractivity contribution in [3.63, 3.8) is 0 Å². The normalized spacial score (nSPS) is 27.3. The molecule has 15 heavy (non-hydrogen) atoms. The van der Waals surface area contributed by atoms with Gasteiger partial charge in [0.05, 0.1) is 0 Å². The van der Waals surface area contributed by atoms with Crippen molar-refractivity contribution in [3.05, 3.63) is 34.3 Å². The van der Waals surface area contributed by atoms with Crippen molar-refractivity contribution in [2.45, 2.75) is 12.5 Å². The van der Waals surface area contributed by atoms with Crippen molar-refractivity contribution in [1.29, 1.82) is 0 Å². The Balaban J connectivity index is 2.14. The number of rotatable bonds is 1. The molecule has 1 aromatic rings. The number of hydrogen-bond donors (Lipinski definition) is 1. The third-order valence-electron chi connectivity index (χ3n) is 2.56. The van der Waals surface area contributed by atoms with Crippen LogP contribution in [0.25, 0.3) is 0 Å². The Morgan fingerprint density at radius 2 is 2.07 bits per heavy atom. The summed E-state index contributed by atoms with van der Waals surface area (Å²) in [6, 6.07) is 8.49. The standard InChI is InChI=1S/C11H14BrNOS/c12-10-4-2-9(3-5-10)11-8-15(14)7-1-6-13-11/h2-5,11,13H,1,6-8H2. The molecule has 0 saturated carbocycles. The minimum absolute atomic E-state index is 0.251. The summed E-state index contributed by atoms with van der Waals surface area (Å²) < 4.78 is 12.7. The molecule has 1 saturated heterocycles. The first-order valence-corrected chi connectivity index (χ1v) is 7.37. The van der Waals surface area contributed by atoms with E-state index in [2.05, 4.69) is 33.4 Å². The molecular weight excluding hydrogens is 274 g/mol. The predicted molar refractivity (Wildman–Crippen MR) is 67.4 cm³/mol. The van der Waals surface area contributed by atoms with Crippen molar-refractivity contribution >= 4 is 26.7 Å². The molecule has 1 fully saturated rings. The molecule has 2 nitrogen and oxygen atoms in total. The molecule has 1 heterocycles. The van der Waals surface area contributed by atoms with Gasteiger partial charge < -0.3 is 5.32 Å². The zero-order valence-electron chi connectivity index (χ0n) is 8.41. The summed E-state index contributed by atoms with van der Waals surface area (Å²) in [7, 11) is -0.668. The zero-order valence-corrected chi connectivity index (χ0v) is 10.8. The van der Waals surface area contributed by atoms with Crippen LogP contribution in [-0.2, 0) is 10.8 Å². The fraction of sp³-hybridized carbons (Fsp3) is 0.455. The Labute approximate surface area is 101 Å². The molecule has 0 bridgehead atoms. The first-order valence-electron chi connectivity index (χ1n) is 5.09. The van der Waals surface area contributed by atoms with E-state index in [1.165, 1.54) is 5.56 Å². The number of nitrogens with one attached hydrogen (secondary N) is 1. The van der Waals surface area contributed by atoms with Gasteiger partial charge in [0.2, 0.25) is 0 Å². The fourth-order valence-corrected chi connectivity index (χ4v) is 3.33. The molecule has 0 aromatic heterocycles. The average Bonchev–Trinajstić information content (AvgIpc) is 2.44. The van der Waals surface area contributed by atoms with Crippen LogP contribution in [0.3, 0.4) is 0 Å². The third-order valence-corrected chi connectivity index (χ3v) is 4.54. The minimum atomic E-state index is -0.668. The zero-order chi connectivity index (χ0) is 10.7. The van der Waals surface area contributed by atoms with E-state index in [1.54, 1.807) is 0 Å². The Bertz CT molecular complexity index is 352. The van der Waals surface area contributed by atoms with Crippen molar-refractivity contribution in [1.82, 2.24) is 5.32 Å². The summed E-state index contributed by atoms with van der Waals surface area (Å²) in [5.74, 6) is 1.57. The molecule has 2 unspecified atom stereocenters. The van der Waals surface area contributed by atoms with E-state index in [1.807, 2.05) is 12.1 Å². The molecule has 0 spiro atoms. The molecule has 4 heteroatoms. The minimum Gasteiger partial charge on any atom is -0.309 e. The van der Waals surface area contributed by atoms with Gasteiger partial charge in [-0.25, -0.2) is 0 Å². The van der Waals surface area contributed by atoms with E-state index in [0.29, 0.717) is 0 Å². The highest BCUT2D eigenvalue weighted by atomic mass is 79.9. The largest absolute Gasteiger partial charge is 0.309 e. The first-order chi connectivity index (χ1) is 7.25. The smallest absolute Gasteiger partial charge is 0.0436 e. The highest BCUT2D eigenvalue weighted by Gasteiger charge is 2.17. The summed E-state index contributed by atoms with van der Waals surface area (Å²) in [5, 5.41) is 3.44. The second kappa shape index (κ2) is 5.23. The highest BCUT2D eigenvalue weighted by Crippen LogP contribution is 2.19. The highest BCUT2D eigenvalue weighted by molar-refractivity contribution is 9.10. The van der Waals surface area contributed by atoms with Gasteiger partial charge in [0, 0.05) is 32.8 Å². The van der Waals surface area contributed by atoms with E-state index in [4.69, 9.17) is 0 Å². The third kappa shape index (κ3) is 3.13. The fourth-order valence-electron chi connectivity index (χ4n) is 1.75. The van der Waals surface area contributed by atoms with Crippen LogP contribution in [0.5, 0.6) is 0 Å². The molecule has 0 amide bonds. The van der Waals surface area contributed by atoms with Gasteiger partial charge in [0.1, 0.15) is 0 Å².